The fourth-order valence-electron chi connectivity index (χ4n) is 3.19. The van der Waals surface area contributed by atoms with E-state index in [1.54, 1.807) is 6.07 Å². The van der Waals surface area contributed by atoms with Crippen molar-refractivity contribution in [2.75, 3.05) is 31.5 Å². The third-order valence-corrected chi connectivity index (χ3v) is 6.31. The van der Waals surface area contributed by atoms with Gasteiger partial charge in [-0.25, -0.2) is 4.39 Å². The Balaban J connectivity index is 1.69. The summed E-state index contributed by atoms with van der Waals surface area (Å²) < 4.78 is 13.2. The van der Waals surface area contributed by atoms with Gasteiger partial charge in [-0.05, 0) is 50.6 Å². The van der Waals surface area contributed by atoms with Crippen molar-refractivity contribution in [3.63, 3.8) is 0 Å². The van der Waals surface area contributed by atoms with Crippen LogP contribution in [-0.2, 0) is 0 Å². The Bertz CT molecular complexity index is 892. The van der Waals surface area contributed by atoms with Gasteiger partial charge in [-0.1, -0.05) is 11.6 Å². The van der Waals surface area contributed by atoms with Crippen LogP contribution >= 0.6 is 22.9 Å². The van der Waals surface area contributed by atoms with Gasteiger partial charge in [-0.3, -0.25) is 14.5 Å². The molecule has 1 N–H and O–H groups in total. The molecule has 2 amide bonds. The molecule has 1 fully saturated rings. The Labute approximate surface area is 173 Å². The maximum Gasteiger partial charge on any atom is 0.264 e. The van der Waals surface area contributed by atoms with Gasteiger partial charge in [0, 0.05) is 32.2 Å². The molecule has 1 saturated heterocycles. The van der Waals surface area contributed by atoms with Gasteiger partial charge in [0.15, 0.2) is 0 Å². The molecule has 5 nitrogen and oxygen atoms in total. The number of thiophene rings is 1. The van der Waals surface area contributed by atoms with E-state index < -0.39 is 11.7 Å². The summed E-state index contributed by atoms with van der Waals surface area (Å²) in [6.45, 7) is 9.28. The summed E-state index contributed by atoms with van der Waals surface area (Å²) in [6.07, 6.45) is 0. The summed E-state index contributed by atoms with van der Waals surface area (Å²) in [5.74, 6) is -0.944. The first-order chi connectivity index (χ1) is 13.3. The van der Waals surface area contributed by atoms with Gasteiger partial charge in [-0.2, -0.15) is 0 Å². The number of piperazine rings is 1. The number of nitrogens with zero attached hydrogens (tertiary/aromatic N) is 2. The molecule has 0 atom stereocenters. The maximum absolute atomic E-state index is 13.2. The summed E-state index contributed by atoms with van der Waals surface area (Å²) in [5.41, 5.74) is 1.01. The molecule has 0 aliphatic carbocycles. The lowest BCUT2D eigenvalue weighted by molar-refractivity contribution is 0.0599. The highest BCUT2D eigenvalue weighted by Crippen LogP contribution is 2.29. The second-order valence-electron chi connectivity index (χ2n) is 7.12. The summed E-state index contributed by atoms with van der Waals surface area (Å²) in [5, 5.41) is 3.36. The normalized spacial score (nSPS) is 15.1. The fourth-order valence-corrected chi connectivity index (χ4v) is 4.48. The maximum atomic E-state index is 13.2. The molecule has 1 aliphatic heterocycles. The van der Waals surface area contributed by atoms with Gasteiger partial charge in [0.2, 0.25) is 0 Å². The Morgan fingerprint density at radius 3 is 2.46 bits per heavy atom. The van der Waals surface area contributed by atoms with Crippen molar-refractivity contribution < 1.29 is 14.0 Å². The summed E-state index contributed by atoms with van der Waals surface area (Å²) in [4.78, 5) is 30.2. The van der Waals surface area contributed by atoms with Gasteiger partial charge in [0.05, 0.1) is 20.5 Å². The highest BCUT2D eigenvalue weighted by atomic mass is 35.5. The SMILES string of the molecule is Cc1cc(NC(=O)c2ccc(F)cc2Cl)sc1C(=O)N1CCN(C(C)C)CC1. The number of rotatable bonds is 4. The van der Waals surface area contributed by atoms with E-state index in [0.717, 1.165) is 24.7 Å². The second kappa shape index (κ2) is 8.59. The minimum atomic E-state index is -0.501. The molecule has 1 aliphatic rings. The minimum Gasteiger partial charge on any atom is -0.335 e. The van der Waals surface area contributed by atoms with Gasteiger partial charge in [0.25, 0.3) is 11.8 Å². The average Bonchev–Trinajstić information content (AvgIpc) is 3.01. The van der Waals surface area contributed by atoms with E-state index in [1.165, 1.54) is 23.5 Å². The zero-order valence-corrected chi connectivity index (χ0v) is 17.7. The van der Waals surface area contributed by atoms with Crippen LogP contribution in [0.2, 0.25) is 5.02 Å². The molecule has 3 rings (SSSR count). The molecule has 0 spiro atoms. The number of amides is 2. The highest BCUT2D eigenvalue weighted by molar-refractivity contribution is 7.18. The van der Waals surface area contributed by atoms with Crippen LogP contribution in [0.1, 0.15) is 39.4 Å². The largest absolute Gasteiger partial charge is 0.335 e. The molecule has 0 bridgehead atoms. The average molecular weight is 424 g/mol. The number of halogens is 2. The standard InChI is InChI=1S/C20H23ClFN3O2S/c1-12(2)24-6-8-25(9-7-24)20(27)18-13(3)10-17(28-18)23-19(26)15-5-4-14(22)11-16(15)21/h4-5,10-12H,6-9H2,1-3H3,(H,23,26). The van der Waals surface area contributed by atoms with Gasteiger partial charge < -0.3 is 10.2 Å². The number of hydrogen-bond donors (Lipinski definition) is 1. The van der Waals surface area contributed by atoms with Gasteiger partial charge in [0.1, 0.15) is 5.82 Å². The topological polar surface area (TPSA) is 52.7 Å². The molecular weight excluding hydrogens is 401 g/mol. The molecule has 2 heterocycles. The summed E-state index contributed by atoms with van der Waals surface area (Å²) >= 11 is 7.20. The molecule has 150 valence electrons. The summed E-state index contributed by atoms with van der Waals surface area (Å²) in [6, 6.07) is 5.88. The van der Waals surface area contributed by atoms with Crippen molar-refractivity contribution >= 4 is 39.8 Å². The first-order valence-electron chi connectivity index (χ1n) is 9.16. The fraction of sp³-hybridized carbons (Fsp3) is 0.400. The van der Waals surface area contributed by atoms with Crippen molar-refractivity contribution in [1.29, 1.82) is 0 Å². The first kappa shape index (κ1) is 20.8. The molecule has 8 heteroatoms. The number of carbonyl (C=O) groups excluding carboxylic acids is 2. The monoisotopic (exact) mass is 423 g/mol. The number of anilines is 1. The predicted molar refractivity (Wildman–Crippen MR) is 111 cm³/mol. The van der Waals surface area contributed by atoms with Crippen molar-refractivity contribution in [1.82, 2.24) is 9.80 Å². The lowest BCUT2D eigenvalue weighted by atomic mass is 10.2. The Morgan fingerprint density at radius 1 is 1.18 bits per heavy atom. The van der Waals surface area contributed by atoms with Crippen LogP contribution in [0.15, 0.2) is 24.3 Å². The Morgan fingerprint density at radius 2 is 1.86 bits per heavy atom. The zero-order valence-electron chi connectivity index (χ0n) is 16.1. The summed E-state index contributed by atoms with van der Waals surface area (Å²) in [7, 11) is 0. The number of aryl methyl sites for hydroxylation is 1. The molecule has 0 saturated carbocycles. The Hall–Kier alpha value is -1.96. The lowest BCUT2D eigenvalue weighted by Gasteiger charge is -2.36. The lowest BCUT2D eigenvalue weighted by Crippen LogP contribution is -2.50. The quantitative estimate of drug-likeness (QED) is 0.799. The van der Waals surface area contributed by atoms with Gasteiger partial charge in [-0.15, -0.1) is 11.3 Å². The van der Waals surface area contributed by atoms with E-state index in [1.807, 2.05) is 11.8 Å². The third kappa shape index (κ3) is 4.54. The number of carbonyl (C=O) groups is 2. The molecule has 1 aromatic heterocycles. The third-order valence-electron chi connectivity index (χ3n) is 4.86. The first-order valence-corrected chi connectivity index (χ1v) is 10.4. The van der Waals surface area contributed by atoms with E-state index in [-0.39, 0.29) is 16.5 Å². The number of nitrogens with one attached hydrogen (secondary N) is 1. The highest BCUT2D eigenvalue weighted by Gasteiger charge is 2.26. The number of benzene rings is 1. The van der Waals surface area contributed by atoms with Crippen molar-refractivity contribution in [2.45, 2.75) is 26.8 Å². The number of hydrogen-bond acceptors (Lipinski definition) is 4. The van der Waals surface area contributed by atoms with Crippen LogP contribution in [-0.4, -0.2) is 53.8 Å². The van der Waals surface area contributed by atoms with Crippen molar-refractivity contribution in [3.05, 3.63) is 51.1 Å². The van der Waals surface area contributed by atoms with Crippen LogP contribution in [0.3, 0.4) is 0 Å². The van der Waals surface area contributed by atoms with E-state index in [2.05, 4.69) is 24.1 Å². The van der Waals surface area contributed by atoms with Gasteiger partial charge >= 0.3 is 0 Å². The van der Waals surface area contributed by atoms with Crippen LogP contribution in [0.25, 0.3) is 0 Å². The van der Waals surface area contributed by atoms with E-state index in [4.69, 9.17) is 11.6 Å². The van der Waals surface area contributed by atoms with Crippen LogP contribution in [0, 0.1) is 12.7 Å². The zero-order chi connectivity index (χ0) is 20.4. The van der Waals surface area contributed by atoms with Crippen molar-refractivity contribution in [3.8, 4) is 0 Å². The molecular formula is C20H23ClFN3O2S. The smallest absolute Gasteiger partial charge is 0.264 e. The van der Waals surface area contributed by atoms with E-state index in [9.17, 15) is 14.0 Å². The molecule has 0 radical (unpaired) electrons. The molecule has 0 unspecified atom stereocenters. The van der Waals surface area contributed by atoms with Crippen LogP contribution < -0.4 is 5.32 Å². The van der Waals surface area contributed by atoms with Crippen LogP contribution in [0.4, 0.5) is 9.39 Å². The van der Waals surface area contributed by atoms with E-state index in [0.29, 0.717) is 29.0 Å². The molecule has 2 aromatic rings. The van der Waals surface area contributed by atoms with Crippen LogP contribution in [0.5, 0.6) is 0 Å². The predicted octanol–water partition coefficient (Wildman–Crippen LogP) is 4.27. The second-order valence-corrected chi connectivity index (χ2v) is 8.58. The Kier molecular flexibility index (Phi) is 6.37. The van der Waals surface area contributed by atoms with Crippen molar-refractivity contribution in [2.24, 2.45) is 0 Å². The molecule has 1 aromatic carbocycles. The van der Waals surface area contributed by atoms with E-state index >= 15 is 0 Å². The minimum absolute atomic E-state index is 0.00813. The molecule has 28 heavy (non-hydrogen) atoms.